The Hall–Kier alpha value is -2.20. The van der Waals surface area contributed by atoms with E-state index in [1.165, 1.54) is 5.56 Å². The van der Waals surface area contributed by atoms with E-state index < -0.39 is 0 Å². The first-order valence-corrected chi connectivity index (χ1v) is 7.74. The lowest BCUT2D eigenvalue weighted by Crippen LogP contribution is -2.48. The molecule has 22 heavy (non-hydrogen) atoms. The first-order valence-electron chi connectivity index (χ1n) is 7.74. The highest BCUT2D eigenvalue weighted by molar-refractivity contribution is 5.78. The van der Waals surface area contributed by atoms with Gasteiger partial charge in [-0.1, -0.05) is 30.3 Å². The smallest absolute Gasteiger partial charge is 0.227 e. The topological polar surface area (TPSA) is 36.4 Å². The molecule has 4 nitrogen and oxygen atoms in total. The summed E-state index contributed by atoms with van der Waals surface area (Å²) < 4.78 is 0. The molecule has 3 rings (SSSR count). The molecular formula is C18H21N3O. The van der Waals surface area contributed by atoms with Gasteiger partial charge in [-0.3, -0.25) is 14.7 Å². The van der Waals surface area contributed by atoms with Gasteiger partial charge in [-0.25, -0.2) is 0 Å². The van der Waals surface area contributed by atoms with E-state index in [1.54, 1.807) is 0 Å². The van der Waals surface area contributed by atoms with Gasteiger partial charge in [-0.05, 0) is 23.3 Å². The van der Waals surface area contributed by atoms with Gasteiger partial charge in [0.15, 0.2) is 0 Å². The van der Waals surface area contributed by atoms with Crippen molar-refractivity contribution in [2.45, 2.75) is 13.0 Å². The molecule has 0 bridgehead atoms. The number of amides is 1. The van der Waals surface area contributed by atoms with Crippen LogP contribution in [0.3, 0.4) is 0 Å². The molecule has 1 amide bonds. The van der Waals surface area contributed by atoms with Crippen molar-refractivity contribution in [2.24, 2.45) is 0 Å². The fraction of sp³-hybridized carbons (Fsp3) is 0.333. The quantitative estimate of drug-likeness (QED) is 0.865. The predicted molar refractivity (Wildman–Crippen MR) is 86.2 cm³/mol. The largest absolute Gasteiger partial charge is 0.340 e. The summed E-state index contributed by atoms with van der Waals surface area (Å²) in [5, 5.41) is 0. The third kappa shape index (κ3) is 3.92. The lowest BCUT2D eigenvalue weighted by atomic mass is 10.1. The molecule has 1 aromatic carbocycles. The normalized spacial score (nSPS) is 15.7. The van der Waals surface area contributed by atoms with E-state index in [2.05, 4.69) is 9.88 Å². The monoisotopic (exact) mass is 295 g/mol. The number of pyridine rings is 1. The molecule has 0 spiro atoms. The Morgan fingerprint density at radius 3 is 2.27 bits per heavy atom. The van der Waals surface area contributed by atoms with E-state index in [9.17, 15) is 4.79 Å². The summed E-state index contributed by atoms with van der Waals surface area (Å²) in [6.45, 7) is 4.43. The standard InChI is InChI=1S/C18H21N3O/c22-18(14-16-4-2-1-3-5-16)21-12-10-20(11-13-21)15-17-6-8-19-9-7-17/h1-9H,10-15H2. The second-order valence-electron chi connectivity index (χ2n) is 5.67. The number of piperazine rings is 1. The highest BCUT2D eigenvalue weighted by atomic mass is 16.2. The van der Waals surface area contributed by atoms with Crippen LogP contribution < -0.4 is 0 Å². The summed E-state index contributed by atoms with van der Waals surface area (Å²) in [4.78, 5) is 20.7. The number of aromatic nitrogens is 1. The van der Waals surface area contributed by atoms with Gasteiger partial charge in [0.1, 0.15) is 0 Å². The molecule has 1 aromatic heterocycles. The second kappa shape index (κ2) is 7.18. The third-order valence-electron chi connectivity index (χ3n) is 4.08. The number of nitrogens with zero attached hydrogens (tertiary/aromatic N) is 3. The molecule has 0 radical (unpaired) electrons. The maximum absolute atomic E-state index is 12.3. The Bertz CT molecular complexity index is 592. The van der Waals surface area contributed by atoms with Crippen molar-refractivity contribution in [3.8, 4) is 0 Å². The summed E-state index contributed by atoms with van der Waals surface area (Å²) in [5.74, 6) is 0.231. The maximum atomic E-state index is 12.3. The summed E-state index contributed by atoms with van der Waals surface area (Å²) in [7, 11) is 0. The first-order chi connectivity index (χ1) is 10.8. The highest BCUT2D eigenvalue weighted by Gasteiger charge is 2.21. The molecule has 1 fully saturated rings. The van der Waals surface area contributed by atoms with Crippen molar-refractivity contribution in [1.29, 1.82) is 0 Å². The number of carbonyl (C=O) groups is 1. The molecule has 0 atom stereocenters. The van der Waals surface area contributed by atoms with E-state index in [4.69, 9.17) is 0 Å². The molecule has 0 unspecified atom stereocenters. The van der Waals surface area contributed by atoms with E-state index >= 15 is 0 Å². The Morgan fingerprint density at radius 2 is 1.59 bits per heavy atom. The zero-order chi connectivity index (χ0) is 15.2. The molecule has 0 aliphatic carbocycles. The Kier molecular flexibility index (Phi) is 4.81. The molecule has 0 saturated carbocycles. The van der Waals surface area contributed by atoms with Crippen LogP contribution in [0.1, 0.15) is 11.1 Å². The van der Waals surface area contributed by atoms with E-state index in [0.717, 1.165) is 38.3 Å². The van der Waals surface area contributed by atoms with E-state index in [-0.39, 0.29) is 5.91 Å². The molecule has 0 N–H and O–H groups in total. The van der Waals surface area contributed by atoms with Crippen LogP contribution >= 0.6 is 0 Å². The Balaban J connectivity index is 1.48. The fourth-order valence-corrected chi connectivity index (χ4v) is 2.78. The molecule has 1 aliphatic rings. The zero-order valence-corrected chi connectivity index (χ0v) is 12.7. The van der Waals surface area contributed by atoms with Crippen LogP contribution in [0, 0.1) is 0 Å². The third-order valence-corrected chi connectivity index (χ3v) is 4.08. The van der Waals surface area contributed by atoms with Gasteiger partial charge in [0, 0.05) is 45.1 Å². The zero-order valence-electron chi connectivity index (χ0n) is 12.7. The van der Waals surface area contributed by atoms with Crippen molar-refractivity contribution >= 4 is 5.91 Å². The number of benzene rings is 1. The summed E-state index contributed by atoms with van der Waals surface area (Å²) in [6.07, 6.45) is 4.16. The molecule has 4 heteroatoms. The van der Waals surface area contributed by atoms with Crippen LogP contribution in [0.25, 0.3) is 0 Å². The van der Waals surface area contributed by atoms with Crippen molar-refractivity contribution in [3.63, 3.8) is 0 Å². The minimum absolute atomic E-state index is 0.231. The van der Waals surface area contributed by atoms with Gasteiger partial charge < -0.3 is 4.90 Å². The summed E-state index contributed by atoms with van der Waals surface area (Å²) in [6, 6.07) is 14.1. The van der Waals surface area contributed by atoms with Crippen LogP contribution in [0.2, 0.25) is 0 Å². The van der Waals surface area contributed by atoms with Crippen LogP contribution in [0.15, 0.2) is 54.9 Å². The van der Waals surface area contributed by atoms with Crippen molar-refractivity contribution < 1.29 is 4.79 Å². The molecule has 114 valence electrons. The molecular weight excluding hydrogens is 274 g/mol. The molecule has 2 aromatic rings. The number of carbonyl (C=O) groups excluding carboxylic acids is 1. The van der Waals surface area contributed by atoms with Crippen LogP contribution in [0.5, 0.6) is 0 Å². The lowest BCUT2D eigenvalue weighted by molar-refractivity contribution is -0.132. The number of rotatable bonds is 4. The Morgan fingerprint density at radius 1 is 0.909 bits per heavy atom. The highest BCUT2D eigenvalue weighted by Crippen LogP contribution is 2.10. The molecule has 1 aliphatic heterocycles. The number of hydrogen-bond acceptors (Lipinski definition) is 3. The summed E-state index contributed by atoms with van der Waals surface area (Å²) in [5.41, 5.74) is 2.37. The average Bonchev–Trinajstić information content (AvgIpc) is 2.57. The minimum atomic E-state index is 0.231. The van der Waals surface area contributed by atoms with Gasteiger partial charge in [0.2, 0.25) is 5.91 Å². The predicted octanol–water partition coefficient (Wildman–Crippen LogP) is 1.97. The van der Waals surface area contributed by atoms with Crippen molar-refractivity contribution in [1.82, 2.24) is 14.8 Å². The average molecular weight is 295 g/mol. The van der Waals surface area contributed by atoms with Crippen LogP contribution in [0.4, 0.5) is 0 Å². The van der Waals surface area contributed by atoms with Crippen molar-refractivity contribution in [2.75, 3.05) is 26.2 Å². The first kappa shape index (κ1) is 14.7. The van der Waals surface area contributed by atoms with Crippen molar-refractivity contribution in [3.05, 3.63) is 66.0 Å². The van der Waals surface area contributed by atoms with Gasteiger partial charge in [-0.2, -0.15) is 0 Å². The SMILES string of the molecule is O=C(Cc1ccccc1)N1CCN(Cc2ccncc2)CC1. The van der Waals surface area contributed by atoms with Crippen LogP contribution in [-0.4, -0.2) is 46.9 Å². The van der Waals surface area contributed by atoms with Gasteiger partial charge in [-0.15, -0.1) is 0 Å². The Labute approximate surface area is 131 Å². The lowest BCUT2D eigenvalue weighted by Gasteiger charge is -2.34. The summed E-state index contributed by atoms with van der Waals surface area (Å²) >= 11 is 0. The van der Waals surface area contributed by atoms with Gasteiger partial charge >= 0.3 is 0 Å². The maximum Gasteiger partial charge on any atom is 0.227 e. The van der Waals surface area contributed by atoms with Gasteiger partial charge in [0.25, 0.3) is 0 Å². The minimum Gasteiger partial charge on any atom is -0.340 e. The van der Waals surface area contributed by atoms with Gasteiger partial charge in [0.05, 0.1) is 6.42 Å². The molecule has 1 saturated heterocycles. The van der Waals surface area contributed by atoms with Crippen LogP contribution in [-0.2, 0) is 17.8 Å². The molecule has 2 heterocycles. The fourth-order valence-electron chi connectivity index (χ4n) is 2.78. The van der Waals surface area contributed by atoms with E-state index in [1.807, 2.05) is 59.8 Å². The van der Waals surface area contributed by atoms with E-state index in [0.29, 0.717) is 6.42 Å². The second-order valence-corrected chi connectivity index (χ2v) is 5.67. The number of hydrogen-bond donors (Lipinski definition) is 0.